The van der Waals surface area contributed by atoms with Gasteiger partial charge in [0, 0.05) is 51.9 Å². The van der Waals surface area contributed by atoms with Crippen LogP contribution >= 0.6 is 47.2 Å². The summed E-state index contributed by atoms with van der Waals surface area (Å²) in [6.07, 6.45) is 3.02. The van der Waals surface area contributed by atoms with Crippen LogP contribution in [-0.4, -0.2) is 61.0 Å². The Hall–Kier alpha value is -1.000. The fourth-order valence-electron chi connectivity index (χ4n) is 2.62. The first kappa shape index (κ1) is 23.0. The van der Waals surface area contributed by atoms with Gasteiger partial charge in [0.15, 0.2) is 5.96 Å². The quantitative estimate of drug-likeness (QED) is 0.235. The van der Waals surface area contributed by atoms with Crippen molar-refractivity contribution in [3.05, 3.63) is 22.3 Å². The molecule has 1 amide bonds. The number of carbonyl (C=O) groups is 1. The smallest absolute Gasteiger partial charge is 0.222 e. The van der Waals surface area contributed by atoms with E-state index in [0.29, 0.717) is 41.3 Å². The van der Waals surface area contributed by atoms with Crippen LogP contribution in [0.2, 0.25) is 10.0 Å². The maximum Gasteiger partial charge on any atom is 0.222 e. The van der Waals surface area contributed by atoms with E-state index in [1.165, 1.54) is 0 Å². The number of rotatable bonds is 6. The highest BCUT2D eigenvalue weighted by Gasteiger charge is 2.25. The summed E-state index contributed by atoms with van der Waals surface area (Å²) < 4.78 is 0. The number of hydrogen-bond acceptors (Lipinski definition) is 4. The van der Waals surface area contributed by atoms with Crippen molar-refractivity contribution in [2.75, 3.05) is 38.5 Å². The average Bonchev–Trinajstić information content (AvgIpc) is 3.07. The molecule has 146 valence electrons. The van der Waals surface area contributed by atoms with Crippen LogP contribution in [0.3, 0.4) is 0 Å². The number of carbonyl (C=O) groups excluding carboxylic acids is 1. The predicted octanol–water partition coefficient (Wildman–Crippen LogP) is 2.59. The van der Waals surface area contributed by atoms with Crippen LogP contribution in [-0.2, 0) is 4.79 Å². The topological polar surface area (TPSA) is 81.7 Å². The van der Waals surface area contributed by atoms with Crippen LogP contribution in [0.15, 0.2) is 17.3 Å². The largest absolute Gasteiger partial charge is 0.367 e. The van der Waals surface area contributed by atoms with Gasteiger partial charge in [0.1, 0.15) is 5.82 Å². The Kier molecular flexibility index (Phi) is 10.3. The number of aliphatic imine (C=N–C) groups is 1. The Labute approximate surface area is 181 Å². The number of anilines is 1. The van der Waals surface area contributed by atoms with Gasteiger partial charge in [-0.3, -0.25) is 9.79 Å². The van der Waals surface area contributed by atoms with Gasteiger partial charge in [-0.1, -0.05) is 30.1 Å². The number of nitrogens with one attached hydrogen (secondary N) is 3. The molecule has 26 heavy (non-hydrogen) atoms. The maximum absolute atomic E-state index is 11.7. The normalized spacial score (nSPS) is 16.8. The highest BCUT2D eigenvalue weighted by atomic mass is 127. The maximum atomic E-state index is 11.7. The summed E-state index contributed by atoms with van der Waals surface area (Å²) in [6.45, 7) is 4.67. The Balaban J connectivity index is 0.00000338. The number of aromatic nitrogens is 1. The summed E-state index contributed by atoms with van der Waals surface area (Å²) in [5.41, 5.74) is 0. The monoisotopic (exact) mass is 514 g/mol. The second-order valence-electron chi connectivity index (χ2n) is 5.73. The molecule has 2 rings (SSSR count). The molecule has 3 N–H and O–H groups in total. The van der Waals surface area contributed by atoms with Gasteiger partial charge >= 0.3 is 0 Å². The van der Waals surface area contributed by atoms with E-state index in [9.17, 15) is 4.79 Å². The molecule has 0 aromatic carbocycles. The molecule has 1 unspecified atom stereocenters. The second kappa shape index (κ2) is 11.7. The molecule has 0 aliphatic carbocycles. The lowest BCUT2D eigenvalue weighted by atomic mass is 10.3. The zero-order chi connectivity index (χ0) is 18.2. The van der Waals surface area contributed by atoms with Gasteiger partial charge in [-0.25, -0.2) is 4.98 Å². The first-order valence-electron chi connectivity index (χ1n) is 8.33. The Morgan fingerprint density at radius 1 is 1.42 bits per heavy atom. The van der Waals surface area contributed by atoms with Gasteiger partial charge in [0.2, 0.25) is 5.91 Å². The molecule has 1 atom stereocenters. The summed E-state index contributed by atoms with van der Waals surface area (Å²) in [7, 11) is 1.73. The molecule has 7 nitrogen and oxygen atoms in total. The van der Waals surface area contributed by atoms with Gasteiger partial charge in [0.25, 0.3) is 0 Å². The molecule has 1 saturated heterocycles. The van der Waals surface area contributed by atoms with Gasteiger partial charge in [-0.05, 0) is 12.5 Å². The van der Waals surface area contributed by atoms with Crippen molar-refractivity contribution in [2.45, 2.75) is 25.8 Å². The van der Waals surface area contributed by atoms with Crippen LogP contribution < -0.4 is 16.0 Å². The van der Waals surface area contributed by atoms with Gasteiger partial charge in [-0.15, -0.1) is 24.0 Å². The SMILES string of the molecule is CCC(=O)N1CCC(NC(=NC)NCCNc2ncc(Cl)cc2Cl)C1.I. The lowest BCUT2D eigenvalue weighted by Gasteiger charge is -2.19. The Morgan fingerprint density at radius 2 is 2.19 bits per heavy atom. The third-order valence-electron chi connectivity index (χ3n) is 3.93. The summed E-state index contributed by atoms with van der Waals surface area (Å²) in [4.78, 5) is 22.0. The molecule has 0 bridgehead atoms. The summed E-state index contributed by atoms with van der Waals surface area (Å²) in [6, 6.07) is 1.87. The lowest BCUT2D eigenvalue weighted by molar-refractivity contribution is -0.129. The lowest BCUT2D eigenvalue weighted by Crippen LogP contribution is -2.46. The van der Waals surface area contributed by atoms with Crippen molar-refractivity contribution >= 4 is 64.9 Å². The van der Waals surface area contributed by atoms with Crippen molar-refractivity contribution in [3.8, 4) is 0 Å². The van der Waals surface area contributed by atoms with Crippen LogP contribution in [0.5, 0.6) is 0 Å². The third-order valence-corrected chi connectivity index (χ3v) is 4.42. The predicted molar refractivity (Wildman–Crippen MR) is 118 cm³/mol. The molecule has 10 heteroatoms. The molecular weight excluding hydrogens is 490 g/mol. The zero-order valence-electron chi connectivity index (χ0n) is 14.9. The summed E-state index contributed by atoms with van der Waals surface area (Å²) in [5, 5.41) is 10.7. The molecule has 1 aromatic heterocycles. The first-order chi connectivity index (χ1) is 12.0. The third kappa shape index (κ3) is 6.96. The van der Waals surface area contributed by atoms with E-state index in [2.05, 4.69) is 25.9 Å². The van der Waals surface area contributed by atoms with E-state index in [-0.39, 0.29) is 35.9 Å². The molecule has 0 spiro atoms. The van der Waals surface area contributed by atoms with Crippen LogP contribution in [0.25, 0.3) is 0 Å². The van der Waals surface area contributed by atoms with Gasteiger partial charge < -0.3 is 20.9 Å². The standard InChI is InChI=1S/C16H24Cl2N6O.HI/c1-3-14(25)24-7-4-12(10-24)23-16(19-2)21-6-5-20-15-13(18)8-11(17)9-22-15;/h8-9,12H,3-7,10H2,1-2H3,(H,20,22)(H2,19,21,23);1H. The fraction of sp³-hybridized carbons (Fsp3) is 0.562. The minimum absolute atomic E-state index is 0. The molecule has 2 heterocycles. The van der Waals surface area contributed by atoms with E-state index in [4.69, 9.17) is 23.2 Å². The molecule has 0 radical (unpaired) electrons. The highest BCUT2D eigenvalue weighted by Crippen LogP contribution is 2.21. The second-order valence-corrected chi connectivity index (χ2v) is 6.58. The van der Waals surface area contributed by atoms with E-state index >= 15 is 0 Å². The summed E-state index contributed by atoms with van der Waals surface area (Å²) >= 11 is 11.9. The van der Waals surface area contributed by atoms with Crippen molar-refractivity contribution in [3.63, 3.8) is 0 Å². The Bertz CT molecular complexity index is 631. The van der Waals surface area contributed by atoms with Crippen molar-refractivity contribution in [2.24, 2.45) is 4.99 Å². The number of amides is 1. The molecular formula is C16H25Cl2IN6O. The molecule has 1 aliphatic heterocycles. The van der Waals surface area contributed by atoms with E-state index in [1.54, 1.807) is 19.3 Å². The number of hydrogen-bond donors (Lipinski definition) is 3. The Morgan fingerprint density at radius 3 is 2.85 bits per heavy atom. The molecule has 0 saturated carbocycles. The van der Waals surface area contributed by atoms with Crippen LogP contribution in [0.4, 0.5) is 5.82 Å². The average molecular weight is 515 g/mol. The molecule has 1 fully saturated rings. The van der Waals surface area contributed by atoms with Crippen molar-refractivity contribution in [1.29, 1.82) is 0 Å². The minimum atomic E-state index is 0. The van der Waals surface area contributed by atoms with Crippen LogP contribution in [0, 0.1) is 0 Å². The van der Waals surface area contributed by atoms with Crippen LogP contribution in [0.1, 0.15) is 19.8 Å². The zero-order valence-corrected chi connectivity index (χ0v) is 18.7. The minimum Gasteiger partial charge on any atom is -0.367 e. The highest BCUT2D eigenvalue weighted by molar-refractivity contribution is 14.0. The molecule has 1 aromatic rings. The number of likely N-dealkylation sites (tertiary alicyclic amines) is 1. The van der Waals surface area contributed by atoms with Gasteiger partial charge in [0.05, 0.1) is 10.0 Å². The van der Waals surface area contributed by atoms with Crippen molar-refractivity contribution < 1.29 is 4.79 Å². The number of halogens is 3. The first-order valence-corrected chi connectivity index (χ1v) is 9.09. The molecule has 1 aliphatic rings. The van der Waals surface area contributed by atoms with E-state index in [0.717, 1.165) is 19.5 Å². The van der Waals surface area contributed by atoms with Crippen molar-refractivity contribution in [1.82, 2.24) is 20.5 Å². The van der Waals surface area contributed by atoms with E-state index < -0.39 is 0 Å². The van der Waals surface area contributed by atoms with E-state index in [1.807, 2.05) is 11.8 Å². The van der Waals surface area contributed by atoms with Gasteiger partial charge in [-0.2, -0.15) is 0 Å². The number of guanidine groups is 1. The fourth-order valence-corrected chi connectivity index (χ4v) is 3.07. The summed E-state index contributed by atoms with van der Waals surface area (Å²) in [5.74, 6) is 1.51. The number of pyridine rings is 1. The number of nitrogens with zero attached hydrogens (tertiary/aromatic N) is 3.